The summed E-state index contributed by atoms with van der Waals surface area (Å²) in [5.41, 5.74) is 11.3. The minimum Gasteiger partial charge on any atom is -0.491 e. The Morgan fingerprint density at radius 3 is 2.85 bits per heavy atom. The molecule has 0 radical (unpaired) electrons. The highest BCUT2D eigenvalue weighted by Crippen LogP contribution is 2.39. The van der Waals surface area contributed by atoms with Crippen molar-refractivity contribution in [2.45, 2.75) is 6.04 Å². The molecule has 34 heavy (non-hydrogen) atoms. The largest absolute Gasteiger partial charge is 0.491 e. The van der Waals surface area contributed by atoms with Crippen molar-refractivity contribution in [2.24, 2.45) is 7.05 Å². The first-order valence-corrected chi connectivity index (χ1v) is 11.0. The lowest BCUT2D eigenvalue weighted by molar-refractivity contribution is 0.0709. The summed E-state index contributed by atoms with van der Waals surface area (Å²) in [6.45, 7) is 0.364. The average molecular weight is 474 g/mol. The van der Waals surface area contributed by atoms with E-state index in [1.807, 2.05) is 37.6 Å². The van der Waals surface area contributed by atoms with Crippen LogP contribution in [0, 0.1) is 0 Å². The number of hydrogen-bond acceptors (Lipinski definition) is 6. The highest BCUT2D eigenvalue weighted by Gasteiger charge is 2.32. The lowest BCUT2D eigenvalue weighted by Gasteiger charge is -2.24. The van der Waals surface area contributed by atoms with Crippen LogP contribution >= 0.6 is 11.6 Å². The van der Waals surface area contributed by atoms with E-state index in [0.29, 0.717) is 39.6 Å². The number of benzene rings is 2. The van der Waals surface area contributed by atoms with Crippen LogP contribution < -0.4 is 10.5 Å². The quantitative estimate of drug-likeness (QED) is 0.428. The second kappa shape index (κ2) is 7.46. The molecule has 1 aliphatic heterocycles. The van der Waals surface area contributed by atoms with Crippen LogP contribution in [0.4, 0.5) is 5.82 Å². The van der Waals surface area contributed by atoms with Gasteiger partial charge in [0.25, 0.3) is 5.91 Å². The Morgan fingerprint density at radius 1 is 1.21 bits per heavy atom. The zero-order chi connectivity index (χ0) is 23.6. The van der Waals surface area contributed by atoms with E-state index in [4.69, 9.17) is 22.1 Å². The summed E-state index contributed by atoms with van der Waals surface area (Å²) >= 11 is 6.52. The molecular weight excluding hydrogens is 454 g/mol. The summed E-state index contributed by atoms with van der Waals surface area (Å²) < 4.78 is 9.52. The van der Waals surface area contributed by atoms with Crippen LogP contribution in [0.25, 0.3) is 27.7 Å². The van der Waals surface area contributed by atoms with Crippen LogP contribution in [-0.2, 0) is 7.05 Å². The molecule has 0 aliphatic carbocycles. The van der Waals surface area contributed by atoms with Gasteiger partial charge in [-0.15, -0.1) is 0 Å². The maximum Gasteiger partial charge on any atom is 0.255 e. The smallest absolute Gasteiger partial charge is 0.255 e. The number of carbonyl (C=O) groups is 1. The Hall–Kier alpha value is -4.11. The van der Waals surface area contributed by atoms with Gasteiger partial charge < -0.3 is 15.4 Å². The van der Waals surface area contributed by atoms with Gasteiger partial charge in [0.15, 0.2) is 0 Å². The molecule has 10 heteroatoms. The van der Waals surface area contributed by atoms with Crippen molar-refractivity contribution >= 4 is 39.9 Å². The topological polar surface area (TPSA) is 104 Å². The van der Waals surface area contributed by atoms with Crippen LogP contribution in [0.5, 0.6) is 5.75 Å². The summed E-state index contributed by atoms with van der Waals surface area (Å²) in [7, 11) is 3.64. The number of rotatable bonds is 3. The molecule has 1 atom stereocenters. The summed E-state index contributed by atoms with van der Waals surface area (Å²) in [6.07, 6.45) is 7.04. The van der Waals surface area contributed by atoms with E-state index >= 15 is 0 Å². The monoisotopic (exact) mass is 473 g/mol. The number of nitrogens with two attached hydrogens (primary N) is 1. The number of fused-ring (bicyclic) bond motifs is 4. The number of nitrogens with zero attached hydrogens (tertiary/aromatic N) is 6. The van der Waals surface area contributed by atoms with Crippen molar-refractivity contribution in [3.8, 4) is 16.9 Å². The number of hydrogen-bond donors (Lipinski definition) is 1. The molecule has 0 saturated carbocycles. The molecular formula is C24H20ClN7O2. The number of halogens is 1. The maximum atomic E-state index is 13.5. The summed E-state index contributed by atoms with van der Waals surface area (Å²) in [5, 5.41) is 4.54. The number of aryl methyl sites for hydroxylation is 1. The molecule has 6 rings (SSSR count). The third kappa shape index (κ3) is 3.08. The predicted octanol–water partition coefficient (Wildman–Crippen LogP) is 3.72. The highest BCUT2D eigenvalue weighted by atomic mass is 35.5. The Labute approximate surface area is 199 Å². The van der Waals surface area contributed by atoms with E-state index in [-0.39, 0.29) is 11.9 Å². The molecule has 0 spiro atoms. The second-order valence-electron chi connectivity index (χ2n) is 8.36. The standard InChI is InChI=1S/C24H20ClN7O2/c1-30-10-14(8-28-30)13-3-4-15-21(11-34-22(15)5-13)31(2)24(33)16-6-19-18(7-17(16)25)29-23(26)20-9-27-12-32(19)20/h3-10,12,21H,11H2,1-2H3,(H2,26,29). The van der Waals surface area contributed by atoms with Gasteiger partial charge in [-0.3, -0.25) is 13.9 Å². The van der Waals surface area contributed by atoms with Gasteiger partial charge >= 0.3 is 0 Å². The van der Waals surface area contributed by atoms with Crippen molar-refractivity contribution < 1.29 is 9.53 Å². The number of ether oxygens (including phenoxy) is 1. The first-order valence-electron chi connectivity index (χ1n) is 10.6. The molecule has 0 fully saturated rings. The third-order valence-corrected chi connectivity index (χ3v) is 6.60. The van der Waals surface area contributed by atoms with E-state index in [1.165, 1.54) is 0 Å². The van der Waals surface area contributed by atoms with Gasteiger partial charge in [-0.1, -0.05) is 23.7 Å². The molecule has 1 aliphatic rings. The van der Waals surface area contributed by atoms with Crippen LogP contribution in [0.2, 0.25) is 5.02 Å². The van der Waals surface area contributed by atoms with E-state index in [0.717, 1.165) is 22.4 Å². The summed E-state index contributed by atoms with van der Waals surface area (Å²) in [4.78, 5) is 23.8. The molecule has 9 nitrogen and oxygen atoms in total. The van der Waals surface area contributed by atoms with Gasteiger partial charge in [-0.05, 0) is 23.8 Å². The van der Waals surface area contributed by atoms with Crippen molar-refractivity contribution in [2.75, 3.05) is 19.4 Å². The van der Waals surface area contributed by atoms with Crippen LogP contribution in [0.3, 0.4) is 0 Å². The molecule has 5 aromatic rings. The number of nitrogen functional groups attached to an aromatic ring is 1. The molecule has 1 amide bonds. The number of aromatic nitrogens is 5. The Kier molecular flexibility index (Phi) is 4.50. The SMILES string of the molecule is CN(C(=O)c1cc2c(cc1Cl)nc(N)c1cncn12)C1COc2cc(-c3cnn(C)c3)ccc21. The maximum absolute atomic E-state index is 13.5. The third-order valence-electron chi connectivity index (χ3n) is 6.29. The number of amides is 1. The van der Waals surface area contributed by atoms with Gasteiger partial charge in [-0.2, -0.15) is 5.10 Å². The molecule has 170 valence electrons. The number of carbonyl (C=O) groups excluding carboxylic acids is 1. The first-order chi connectivity index (χ1) is 16.4. The lowest BCUT2D eigenvalue weighted by atomic mass is 10.0. The van der Waals surface area contributed by atoms with Crippen molar-refractivity contribution in [3.05, 3.63) is 71.4 Å². The van der Waals surface area contributed by atoms with Gasteiger partial charge in [0.1, 0.15) is 23.7 Å². The lowest BCUT2D eigenvalue weighted by Crippen LogP contribution is -2.32. The van der Waals surface area contributed by atoms with Crippen LogP contribution in [0.15, 0.2) is 55.2 Å². The first kappa shape index (κ1) is 20.5. The Bertz CT molecular complexity index is 1610. The predicted molar refractivity (Wildman–Crippen MR) is 129 cm³/mol. The van der Waals surface area contributed by atoms with Crippen molar-refractivity contribution in [3.63, 3.8) is 0 Å². The van der Waals surface area contributed by atoms with E-state index in [2.05, 4.69) is 15.1 Å². The van der Waals surface area contributed by atoms with E-state index in [1.54, 1.807) is 45.7 Å². The summed E-state index contributed by atoms with van der Waals surface area (Å²) in [5.74, 6) is 0.896. The van der Waals surface area contributed by atoms with Gasteiger partial charge in [0, 0.05) is 31.4 Å². The number of likely N-dealkylation sites (N-methyl/N-ethyl adjacent to an activating group) is 1. The number of imidazole rings is 1. The fraction of sp³-hybridized carbons (Fsp3) is 0.167. The fourth-order valence-electron chi connectivity index (χ4n) is 4.46. The molecule has 1 unspecified atom stereocenters. The van der Waals surface area contributed by atoms with Gasteiger partial charge in [-0.25, -0.2) is 9.97 Å². The van der Waals surface area contributed by atoms with Gasteiger partial charge in [0.2, 0.25) is 0 Å². The summed E-state index contributed by atoms with van der Waals surface area (Å²) in [6, 6.07) is 9.16. The average Bonchev–Trinajstić information content (AvgIpc) is 3.57. The molecule has 3 aromatic heterocycles. The second-order valence-corrected chi connectivity index (χ2v) is 8.77. The fourth-order valence-corrected chi connectivity index (χ4v) is 4.69. The molecule has 2 aromatic carbocycles. The Balaban J connectivity index is 1.35. The van der Waals surface area contributed by atoms with Crippen LogP contribution in [0.1, 0.15) is 22.0 Å². The minimum absolute atomic E-state index is 0.213. The normalized spacial score (nSPS) is 15.0. The molecule has 0 bridgehead atoms. The van der Waals surface area contributed by atoms with E-state index in [9.17, 15) is 4.79 Å². The molecule has 0 saturated heterocycles. The minimum atomic E-state index is -0.241. The molecule has 2 N–H and O–H groups in total. The highest BCUT2D eigenvalue weighted by molar-refractivity contribution is 6.34. The van der Waals surface area contributed by atoms with E-state index < -0.39 is 0 Å². The Morgan fingerprint density at radius 2 is 2.06 bits per heavy atom. The van der Waals surface area contributed by atoms with Crippen molar-refractivity contribution in [1.82, 2.24) is 29.0 Å². The number of anilines is 1. The van der Waals surface area contributed by atoms with Gasteiger partial charge in [0.05, 0.1) is 46.4 Å². The zero-order valence-corrected chi connectivity index (χ0v) is 19.2. The van der Waals surface area contributed by atoms with Crippen molar-refractivity contribution in [1.29, 1.82) is 0 Å². The molecule has 4 heterocycles. The van der Waals surface area contributed by atoms with Crippen LogP contribution in [-0.4, -0.2) is 48.6 Å². The zero-order valence-electron chi connectivity index (χ0n) is 18.4.